The number of methoxy groups -OCH3 is 1. The van der Waals surface area contributed by atoms with E-state index in [1.165, 1.54) is 11.1 Å². The van der Waals surface area contributed by atoms with Crippen molar-refractivity contribution in [2.45, 2.75) is 27.4 Å². The maximum atomic E-state index is 5.79. The molecule has 0 saturated heterocycles. The predicted octanol–water partition coefficient (Wildman–Crippen LogP) is 3.59. The summed E-state index contributed by atoms with van der Waals surface area (Å²) in [6, 6.07) is 9.98. The third-order valence-electron chi connectivity index (χ3n) is 2.80. The van der Waals surface area contributed by atoms with Crippen molar-refractivity contribution in [3.63, 3.8) is 0 Å². The zero-order valence-corrected chi connectivity index (χ0v) is 11.9. The van der Waals surface area contributed by atoms with Crippen LogP contribution in [0.15, 0.2) is 30.3 Å². The van der Waals surface area contributed by atoms with Gasteiger partial charge in [0.25, 0.3) is 0 Å². The number of aromatic nitrogens is 1. The van der Waals surface area contributed by atoms with Gasteiger partial charge in [-0.1, -0.05) is 6.07 Å². The molecule has 0 spiro atoms. The first-order valence-electron chi connectivity index (χ1n) is 6.29. The number of pyridine rings is 1. The molecular formula is C16H19NO2. The van der Waals surface area contributed by atoms with Gasteiger partial charge in [0.05, 0.1) is 12.8 Å². The molecular weight excluding hydrogens is 238 g/mol. The fourth-order valence-corrected chi connectivity index (χ4v) is 2.07. The molecule has 0 bridgehead atoms. The van der Waals surface area contributed by atoms with Crippen LogP contribution in [0.5, 0.6) is 11.5 Å². The van der Waals surface area contributed by atoms with E-state index in [9.17, 15) is 0 Å². The van der Waals surface area contributed by atoms with Crippen LogP contribution in [0.3, 0.4) is 0 Å². The smallest absolute Gasteiger partial charge is 0.130 e. The molecule has 1 heterocycles. The fourth-order valence-electron chi connectivity index (χ4n) is 2.07. The van der Waals surface area contributed by atoms with Gasteiger partial charge in [0.15, 0.2) is 0 Å². The van der Waals surface area contributed by atoms with Crippen LogP contribution >= 0.6 is 0 Å². The Bertz CT molecular complexity index is 559. The molecule has 0 atom stereocenters. The Balaban J connectivity index is 2.11. The van der Waals surface area contributed by atoms with Gasteiger partial charge in [-0.05, 0) is 44.0 Å². The summed E-state index contributed by atoms with van der Waals surface area (Å²) in [6.07, 6.45) is 0. The first kappa shape index (κ1) is 13.4. The Labute approximate surface area is 114 Å². The maximum Gasteiger partial charge on any atom is 0.130 e. The lowest BCUT2D eigenvalue weighted by atomic mass is 10.1. The zero-order valence-electron chi connectivity index (χ0n) is 11.9. The minimum absolute atomic E-state index is 0.445. The third kappa shape index (κ3) is 3.71. The molecule has 19 heavy (non-hydrogen) atoms. The van der Waals surface area contributed by atoms with Crippen LogP contribution in [-0.4, -0.2) is 12.1 Å². The molecule has 0 aliphatic heterocycles. The number of nitrogens with zero attached hydrogens (tertiary/aromatic N) is 1. The quantitative estimate of drug-likeness (QED) is 0.838. The van der Waals surface area contributed by atoms with Crippen molar-refractivity contribution in [2.24, 2.45) is 0 Å². The first-order chi connectivity index (χ1) is 9.06. The molecule has 3 nitrogen and oxygen atoms in total. The predicted molar refractivity (Wildman–Crippen MR) is 75.8 cm³/mol. The molecule has 0 aliphatic carbocycles. The molecule has 0 fully saturated rings. The highest BCUT2D eigenvalue weighted by Gasteiger charge is 2.03. The maximum absolute atomic E-state index is 5.79. The van der Waals surface area contributed by atoms with E-state index in [0.717, 1.165) is 22.9 Å². The normalized spacial score (nSPS) is 10.3. The SMILES string of the molecule is COc1cc(C)nc(COc2cc(C)cc(C)c2)c1. The molecule has 0 N–H and O–H groups in total. The molecule has 1 aromatic carbocycles. The second kappa shape index (κ2) is 5.74. The van der Waals surface area contributed by atoms with E-state index in [1.807, 2.05) is 31.2 Å². The Morgan fingerprint density at radius 2 is 1.58 bits per heavy atom. The summed E-state index contributed by atoms with van der Waals surface area (Å²) in [5.74, 6) is 1.69. The lowest BCUT2D eigenvalue weighted by Crippen LogP contribution is -2.01. The Hall–Kier alpha value is -2.03. The van der Waals surface area contributed by atoms with Gasteiger partial charge in [-0.25, -0.2) is 0 Å². The van der Waals surface area contributed by atoms with Crippen molar-refractivity contribution in [1.29, 1.82) is 0 Å². The summed E-state index contributed by atoms with van der Waals surface area (Å²) in [6.45, 7) is 6.52. The van der Waals surface area contributed by atoms with Crippen LogP contribution < -0.4 is 9.47 Å². The molecule has 2 rings (SSSR count). The van der Waals surface area contributed by atoms with Gasteiger partial charge in [-0.15, -0.1) is 0 Å². The van der Waals surface area contributed by atoms with Gasteiger partial charge >= 0.3 is 0 Å². The molecule has 0 unspecified atom stereocenters. The van der Waals surface area contributed by atoms with E-state index in [4.69, 9.17) is 9.47 Å². The van der Waals surface area contributed by atoms with Gasteiger partial charge in [0, 0.05) is 17.8 Å². The van der Waals surface area contributed by atoms with E-state index in [0.29, 0.717) is 6.61 Å². The number of aryl methyl sites for hydroxylation is 3. The zero-order chi connectivity index (χ0) is 13.8. The van der Waals surface area contributed by atoms with E-state index in [2.05, 4.69) is 24.9 Å². The van der Waals surface area contributed by atoms with E-state index >= 15 is 0 Å². The molecule has 0 aliphatic rings. The molecule has 0 amide bonds. The summed E-state index contributed by atoms with van der Waals surface area (Å²) in [4.78, 5) is 4.44. The third-order valence-corrected chi connectivity index (χ3v) is 2.80. The van der Waals surface area contributed by atoms with Crippen molar-refractivity contribution >= 4 is 0 Å². The standard InChI is InChI=1S/C16H19NO2/c1-11-5-12(2)7-16(6-11)19-10-14-9-15(18-4)8-13(3)17-14/h5-9H,10H2,1-4H3. The Morgan fingerprint density at radius 3 is 2.21 bits per heavy atom. The highest BCUT2D eigenvalue weighted by molar-refractivity contribution is 5.33. The van der Waals surface area contributed by atoms with Gasteiger partial charge < -0.3 is 9.47 Å². The molecule has 3 heteroatoms. The summed E-state index contributed by atoms with van der Waals surface area (Å²) in [7, 11) is 1.66. The van der Waals surface area contributed by atoms with E-state index in [1.54, 1.807) is 7.11 Å². The fraction of sp³-hybridized carbons (Fsp3) is 0.312. The largest absolute Gasteiger partial charge is 0.497 e. The second-order valence-corrected chi connectivity index (χ2v) is 4.75. The van der Waals surface area contributed by atoms with Crippen LogP contribution in [0.2, 0.25) is 0 Å². The monoisotopic (exact) mass is 257 g/mol. The minimum atomic E-state index is 0.445. The highest BCUT2D eigenvalue weighted by atomic mass is 16.5. The lowest BCUT2D eigenvalue weighted by molar-refractivity contribution is 0.299. The second-order valence-electron chi connectivity index (χ2n) is 4.75. The van der Waals surface area contributed by atoms with Gasteiger partial charge in [0.2, 0.25) is 0 Å². The number of ether oxygens (including phenoxy) is 2. The number of hydrogen-bond acceptors (Lipinski definition) is 3. The molecule has 0 saturated carbocycles. The lowest BCUT2D eigenvalue weighted by Gasteiger charge is -2.09. The minimum Gasteiger partial charge on any atom is -0.497 e. The highest BCUT2D eigenvalue weighted by Crippen LogP contribution is 2.19. The van der Waals surface area contributed by atoms with Crippen LogP contribution in [0, 0.1) is 20.8 Å². The van der Waals surface area contributed by atoms with Crippen molar-refractivity contribution in [1.82, 2.24) is 4.98 Å². The first-order valence-corrected chi connectivity index (χ1v) is 6.29. The summed E-state index contributed by atoms with van der Waals surface area (Å²) in [5, 5.41) is 0. The van der Waals surface area contributed by atoms with Gasteiger partial charge in [-0.3, -0.25) is 4.98 Å². The average molecular weight is 257 g/mol. The van der Waals surface area contributed by atoms with Crippen molar-refractivity contribution < 1.29 is 9.47 Å². The molecule has 2 aromatic rings. The Kier molecular flexibility index (Phi) is 4.05. The topological polar surface area (TPSA) is 31.4 Å². The summed E-state index contributed by atoms with van der Waals surface area (Å²) >= 11 is 0. The van der Waals surface area contributed by atoms with E-state index in [-0.39, 0.29) is 0 Å². The van der Waals surface area contributed by atoms with Gasteiger partial charge in [0.1, 0.15) is 18.1 Å². The van der Waals surface area contributed by atoms with Crippen molar-refractivity contribution in [3.8, 4) is 11.5 Å². The average Bonchev–Trinajstić information content (AvgIpc) is 2.34. The summed E-state index contributed by atoms with van der Waals surface area (Å²) in [5.41, 5.74) is 4.20. The Morgan fingerprint density at radius 1 is 0.895 bits per heavy atom. The number of hydrogen-bond donors (Lipinski definition) is 0. The van der Waals surface area contributed by atoms with E-state index < -0.39 is 0 Å². The van der Waals surface area contributed by atoms with Crippen LogP contribution in [0.1, 0.15) is 22.5 Å². The van der Waals surface area contributed by atoms with Crippen LogP contribution in [0.25, 0.3) is 0 Å². The van der Waals surface area contributed by atoms with Crippen LogP contribution in [-0.2, 0) is 6.61 Å². The van der Waals surface area contributed by atoms with Crippen molar-refractivity contribution in [2.75, 3.05) is 7.11 Å². The molecule has 0 radical (unpaired) electrons. The van der Waals surface area contributed by atoms with Gasteiger partial charge in [-0.2, -0.15) is 0 Å². The number of benzene rings is 1. The van der Waals surface area contributed by atoms with Crippen LogP contribution in [0.4, 0.5) is 0 Å². The molecule has 100 valence electrons. The number of rotatable bonds is 4. The molecule has 1 aromatic heterocycles. The van der Waals surface area contributed by atoms with Crippen molar-refractivity contribution in [3.05, 3.63) is 52.8 Å². The summed E-state index contributed by atoms with van der Waals surface area (Å²) < 4.78 is 11.0.